The van der Waals surface area contributed by atoms with Gasteiger partial charge in [0.25, 0.3) is 0 Å². The molecule has 2 aromatic rings. The van der Waals surface area contributed by atoms with Crippen LogP contribution in [0.5, 0.6) is 0 Å². The van der Waals surface area contributed by atoms with Crippen LogP contribution in [-0.4, -0.2) is 42.9 Å². The summed E-state index contributed by atoms with van der Waals surface area (Å²) in [4.78, 5) is 4.64. The first-order valence-corrected chi connectivity index (χ1v) is 11.7. The second-order valence-corrected chi connectivity index (χ2v) is 9.90. The number of hydrogen-bond acceptors (Lipinski definition) is 7. The van der Waals surface area contributed by atoms with Crippen molar-refractivity contribution in [2.75, 3.05) is 24.7 Å². The lowest BCUT2D eigenvalue weighted by atomic mass is 10.2. The van der Waals surface area contributed by atoms with E-state index in [4.69, 9.17) is 11.1 Å². The van der Waals surface area contributed by atoms with Crippen molar-refractivity contribution in [2.45, 2.75) is 28.4 Å². The van der Waals surface area contributed by atoms with Crippen LogP contribution in [0, 0.1) is 5.41 Å². The van der Waals surface area contributed by atoms with Crippen LogP contribution in [-0.2, 0) is 10.0 Å². The average Bonchev–Trinajstić information content (AvgIpc) is 3.06. The number of nitrogens with one attached hydrogen (secondary N) is 2. The molecular formula is C16H21N5O2S3. The molecule has 1 fully saturated rings. The van der Waals surface area contributed by atoms with E-state index in [1.807, 2.05) is 6.26 Å². The molecule has 2 heterocycles. The highest BCUT2D eigenvalue weighted by Gasteiger charge is 2.25. The van der Waals surface area contributed by atoms with E-state index in [9.17, 15) is 8.42 Å². The third kappa shape index (κ3) is 4.03. The first kappa shape index (κ1) is 19.2. The molecule has 0 atom stereocenters. The second kappa shape index (κ2) is 7.95. The molecule has 1 aromatic carbocycles. The number of aromatic nitrogens is 1. The number of sulfonamides is 1. The summed E-state index contributed by atoms with van der Waals surface area (Å²) in [5, 5.41) is 11.3. The Morgan fingerprint density at radius 1 is 1.27 bits per heavy atom. The fraction of sp³-hybridized carbons (Fsp3) is 0.375. The Balaban J connectivity index is 1.77. The first-order valence-electron chi connectivity index (χ1n) is 8.18. The maximum atomic E-state index is 12.7. The van der Waals surface area contributed by atoms with Crippen LogP contribution in [0.1, 0.15) is 25.0 Å². The molecule has 4 N–H and O–H groups in total. The molecule has 1 aliphatic rings. The maximum Gasteiger partial charge on any atom is 0.243 e. The normalized spacial score (nSPS) is 15.7. The number of piperidine rings is 1. The topological polar surface area (TPSA) is 112 Å². The minimum Gasteiger partial charge on any atom is -0.382 e. The number of thioether (sulfide) groups is 1. The number of nitrogen functional groups attached to an aromatic ring is 1. The van der Waals surface area contributed by atoms with Gasteiger partial charge >= 0.3 is 0 Å². The summed E-state index contributed by atoms with van der Waals surface area (Å²) in [6, 6.07) is 6.68. The average molecular weight is 412 g/mol. The molecule has 10 heteroatoms. The van der Waals surface area contributed by atoms with Crippen molar-refractivity contribution in [1.29, 1.82) is 5.41 Å². The highest BCUT2D eigenvalue weighted by atomic mass is 32.2. The lowest BCUT2D eigenvalue weighted by molar-refractivity contribution is 0.346. The van der Waals surface area contributed by atoms with E-state index in [1.165, 1.54) is 23.1 Å². The number of amidine groups is 1. The van der Waals surface area contributed by atoms with Gasteiger partial charge in [0.2, 0.25) is 10.0 Å². The van der Waals surface area contributed by atoms with Crippen molar-refractivity contribution < 1.29 is 8.42 Å². The molecule has 0 bridgehead atoms. The number of benzene rings is 1. The summed E-state index contributed by atoms with van der Waals surface area (Å²) in [5.41, 5.74) is 6.75. The van der Waals surface area contributed by atoms with E-state index in [2.05, 4.69) is 10.3 Å². The van der Waals surface area contributed by atoms with Gasteiger partial charge in [0.15, 0.2) is 5.13 Å². The van der Waals surface area contributed by atoms with Crippen molar-refractivity contribution in [3.05, 3.63) is 30.0 Å². The standard InChI is InChI=1S/C16H21N5O2S3/c1-24-15-13(14(17)18)20-16(25-15)19-11-5-7-12(8-6-11)26(22,23)21-9-3-2-4-10-21/h5-8H,2-4,9-10H2,1H3,(H3,17,18)(H,19,20). The Bertz CT molecular complexity index is 887. The molecule has 0 aliphatic carbocycles. The maximum absolute atomic E-state index is 12.7. The monoisotopic (exact) mass is 411 g/mol. The van der Waals surface area contributed by atoms with Gasteiger partial charge in [-0.05, 0) is 43.4 Å². The van der Waals surface area contributed by atoms with Gasteiger partial charge in [-0.25, -0.2) is 13.4 Å². The zero-order valence-electron chi connectivity index (χ0n) is 14.4. The number of thiazole rings is 1. The Hall–Kier alpha value is -1.62. The summed E-state index contributed by atoms with van der Waals surface area (Å²) >= 11 is 2.90. The largest absolute Gasteiger partial charge is 0.382 e. The predicted molar refractivity (Wildman–Crippen MR) is 107 cm³/mol. The van der Waals surface area contributed by atoms with E-state index in [1.54, 1.807) is 28.6 Å². The third-order valence-electron chi connectivity index (χ3n) is 4.09. The van der Waals surface area contributed by atoms with E-state index < -0.39 is 10.0 Å². The number of nitrogens with zero attached hydrogens (tertiary/aromatic N) is 2. The van der Waals surface area contributed by atoms with Gasteiger partial charge in [0.1, 0.15) is 11.5 Å². The number of nitrogens with two attached hydrogens (primary N) is 1. The molecule has 0 amide bonds. The van der Waals surface area contributed by atoms with Gasteiger partial charge in [0, 0.05) is 18.8 Å². The summed E-state index contributed by atoms with van der Waals surface area (Å²) in [6.07, 6.45) is 4.82. The third-order valence-corrected chi connectivity index (χ3v) is 8.09. The molecule has 1 aliphatic heterocycles. The van der Waals surface area contributed by atoms with E-state index >= 15 is 0 Å². The van der Waals surface area contributed by atoms with Crippen LogP contribution < -0.4 is 11.1 Å². The van der Waals surface area contributed by atoms with Crippen molar-refractivity contribution in [1.82, 2.24) is 9.29 Å². The van der Waals surface area contributed by atoms with Crippen molar-refractivity contribution in [3.8, 4) is 0 Å². The Labute approximate surface area is 161 Å². The van der Waals surface area contributed by atoms with Crippen molar-refractivity contribution in [2.24, 2.45) is 5.73 Å². The van der Waals surface area contributed by atoms with E-state index in [0.717, 1.165) is 29.2 Å². The quantitative estimate of drug-likeness (QED) is 0.383. The lowest BCUT2D eigenvalue weighted by Crippen LogP contribution is -2.35. The van der Waals surface area contributed by atoms with Crippen LogP contribution in [0.3, 0.4) is 0 Å². The first-order chi connectivity index (χ1) is 12.4. The number of anilines is 2. The molecule has 0 saturated carbocycles. The van der Waals surface area contributed by atoms with Crippen molar-refractivity contribution >= 4 is 49.8 Å². The summed E-state index contributed by atoms with van der Waals surface area (Å²) in [7, 11) is -3.42. The fourth-order valence-corrected chi connectivity index (χ4v) is 5.93. The zero-order chi connectivity index (χ0) is 18.7. The molecule has 1 aromatic heterocycles. The fourth-order valence-electron chi connectivity index (χ4n) is 2.76. The zero-order valence-corrected chi connectivity index (χ0v) is 16.8. The van der Waals surface area contributed by atoms with Gasteiger partial charge in [-0.3, -0.25) is 5.41 Å². The lowest BCUT2D eigenvalue weighted by Gasteiger charge is -2.25. The number of rotatable bonds is 6. The molecule has 0 unspecified atom stereocenters. The highest BCUT2D eigenvalue weighted by molar-refractivity contribution is 8.00. The van der Waals surface area contributed by atoms with E-state index in [-0.39, 0.29) is 5.84 Å². The van der Waals surface area contributed by atoms with E-state index in [0.29, 0.717) is 28.8 Å². The molecule has 26 heavy (non-hydrogen) atoms. The van der Waals surface area contributed by atoms with Gasteiger partial charge in [0.05, 0.1) is 9.10 Å². The Morgan fingerprint density at radius 3 is 2.46 bits per heavy atom. The highest BCUT2D eigenvalue weighted by Crippen LogP contribution is 2.32. The predicted octanol–water partition coefficient (Wildman–Crippen LogP) is 3.07. The van der Waals surface area contributed by atoms with Crippen LogP contribution in [0.15, 0.2) is 33.4 Å². The van der Waals surface area contributed by atoms with Crippen LogP contribution in [0.4, 0.5) is 10.8 Å². The molecule has 0 radical (unpaired) electrons. The SMILES string of the molecule is CSc1sc(Nc2ccc(S(=O)(=O)N3CCCCC3)cc2)nc1C(=N)N. The smallest absolute Gasteiger partial charge is 0.243 e. The Kier molecular flexibility index (Phi) is 5.86. The van der Waals surface area contributed by atoms with Gasteiger partial charge in [-0.1, -0.05) is 17.8 Å². The minimum absolute atomic E-state index is 0.0679. The van der Waals surface area contributed by atoms with Gasteiger partial charge < -0.3 is 11.1 Å². The van der Waals surface area contributed by atoms with Crippen LogP contribution >= 0.6 is 23.1 Å². The summed E-state index contributed by atoms with van der Waals surface area (Å²) in [5.74, 6) is -0.0679. The number of hydrogen-bond donors (Lipinski definition) is 3. The minimum atomic E-state index is -3.42. The molecule has 140 valence electrons. The van der Waals surface area contributed by atoms with Gasteiger partial charge in [-0.15, -0.1) is 11.8 Å². The molecule has 7 nitrogen and oxygen atoms in total. The molecule has 1 saturated heterocycles. The molecular weight excluding hydrogens is 390 g/mol. The molecule has 3 rings (SSSR count). The molecule has 0 spiro atoms. The Morgan fingerprint density at radius 2 is 1.92 bits per heavy atom. The summed E-state index contributed by atoms with van der Waals surface area (Å²) in [6.45, 7) is 1.18. The second-order valence-electron chi connectivity index (χ2n) is 5.89. The van der Waals surface area contributed by atoms with Gasteiger partial charge in [-0.2, -0.15) is 4.31 Å². The van der Waals surface area contributed by atoms with Crippen LogP contribution in [0.2, 0.25) is 0 Å². The van der Waals surface area contributed by atoms with Crippen LogP contribution in [0.25, 0.3) is 0 Å². The van der Waals surface area contributed by atoms with Crippen molar-refractivity contribution in [3.63, 3.8) is 0 Å². The summed E-state index contributed by atoms with van der Waals surface area (Å²) < 4.78 is 27.8.